The summed E-state index contributed by atoms with van der Waals surface area (Å²) in [6, 6.07) is 12.0. The van der Waals surface area contributed by atoms with Crippen LogP contribution in [0.4, 0.5) is 4.39 Å². The van der Waals surface area contributed by atoms with Gasteiger partial charge in [0.05, 0.1) is 4.90 Å². The Balaban J connectivity index is 1.65. The van der Waals surface area contributed by atoms with Gasteiger partial charge in [-0.15, -0.1) is 0 Å². The summed E-state index contributed by atoms with van der Waals surface area (Å²) in [7, 11) is -3.84. The SMILES string of the molecule is O=C(C=Cc1ccccc1Br)N1CCCC(NS(=O)(=O)c2cccc(F)c2)C1. The van der Waals surface area contributed by atoms with Crippen LogP contribution in [0.25, 0.3) is 6.08 Å². The number of nitrogens with one attached hydrogen (secondary N) is 1. The molecule has 1 heterocycles. The summed E-state index contributed by atoms with van der Waals surface area (Å²) in [5.74, 6) is -0.786. The fraction of sp³-hybridized carbons (Fsp3) is 0.250. The molecule has 1 N–H and O–H groups in total. The largest absolute Gasteiger partial charge is 0.338 e. The molecule has 148 valence electrons. The zero-order chi connectivity index (χ0) is 20.1. The summed E-state index contributed by atoms with van der Waals surface area (Å²) in [5, 5.41) is 0. The van der Waals surface area contributed by atoms with E-state index in [9.17, 15) is 17.6 Å². The fourth-order valence-electron chi connectivity index (χ4n) is 3.07. The van der Waals surface area contributed by atoms with E-state index in [0.717, 1.165) is 16.1 Å². The molecule has 0 spiro atoms. The predicted octanol–water partition coefficient (Wildman–Crippen LogP) is 3.57. The Morgan fingerprint density at radius 2 is 2.00 bits per heavy atom. The molecule has 0 bridgehead atoms. The lowest BCUT2D eigenvalue weighted by molar-refractivity contribution is -0.127. The maximum Gasteiger partial charge on any atom is 0.246 e. The van der Waals surface area contributed by atoms with E-state index in [4.69, 9.17) is 0 Å². The zero-order valence-electron chi connectivity index (χ0n) is 15.0. The molecule has 28 heavy (non-hydrogen) atoms. The summed E-state index contributed by atoms with van der Waals surface area (Å²) in [5.41, 5.74) is 0.885. The van der Waals surface area contributed by atoms with Crippen LogP contribution in [0.1, 0.15) is 18.4 Å². The first-order valence-electron chi connectivity index (χ1n) is 8.84. The smallest absolute Gasteiger partial charge is 0.246 e. The molecule has 1 atom stereocenters. The standard InChI is InChI=1S/C20H20BrFN2O3S/c21-19-9-2-1-5-15(19)10-11-20(25)24-12-4-7-17(14-24)23-28(26,27)18-8-3-6-16(22)13-18/h1-3,5-6,8-11,13,17,23H,4,7,12,14H2. The molecule has 1 aliphatic rings. The Bertz CT molecular complexity index is 994. The molecule has 1 unspecified atom stereocenters. The minimum atomic E-state index is -3.84. The summed E-state index contributed by atoms with van der Waals surface area (Å²) < 4.78 is 41.8. The van der Waals surface area contributed by atoms with Gasteiger partial charge >= 0.3 is 0 Å². The second kappa shape index (κ2) is 8.98. The summed E-state index contributed by atoms with van der Waals surface area (Å²) in [6.07, 6.45) is 4.52. The van der Waals surface area contributed by atoms with Crippen LogP contribution in [0, 0.1) is 5.82 Å². The van der Waals surface area contributed by atoms with Gasteiger partial charge in [-0.1, -0.05) is 40.2 Å². The molecule has 0 saturated carbocycles. The Kier molecular flexibility index (Phi) is 6.64. The molecule has 5 nitrogen and oxygen atoms in total. The lowest BCUT2D eigenvalue weighted by atomic mass is 10.1. The second-order valence-electron chi connectivity index (χ2n) is 6.56. The molecule has 1 saturated heterocycles. The van der Waals surface area contributed by atoms with E-state index >= 15 is 0 Å². The van der Waals surface area contributed by atoms with Gasteiger partial charge in [-0.05, 0) is 48.7 Å². The van der Waals surface area contributed by atoms with E-state index in [2.05, 4.69) is 20.7 Å². The van der Waals surface area contributed by atoms with Crippen LogP contribution in [0.15, 0.2) is 64.0 Å². The molecule has 2 aromatic rings. The minimum Gasteiger partial charge on any atom is -0.338 e. The molecule has 1 fully saturated rings. The van der Waals surface area contributed by atoms with Gasteiger partial charge in [0.1, 0.15) is 5.82 Å². The van der Waals surface area contributed by atoms with Gasteiger partial charge in [0.15, 0.2) is 0 Å². The maximum atomic E-state index is 13.3. The van der Waals surface area contributed by atoms with Crippen molar-refractivity contribution in [2.45, 2.75) is 23.8 Å². The van der Waals surface area contributed by atoms with Crippen molar-refractivity contribution >= 4 is 37.9 Å². The van der Waals surface area contributed by atoms with E-state index in [1.807, 2.05) is 24.3 Å². The van der Waals surface area contributed by atoms with Crippen LogP contribution in [-0.2, 0) is 14.8 Å². The normalized spacial score (nSPS) is 17.8. The van der Waals surface area contributed by atoms with Crippen molar-refractivity contribution in [1.29, 1.82) is 0 Å². The Morgan fingerprint density at radius 3 is 2.75 bits per heavy atom. The molecule has 1 aliphatic heterocycles. The van der Waals surface area contributed by atoms with E-state index < -0.39 is 21.9 Å². The highest BCUT2D eigenvalue weighted by molar-refractivity contribution is 9.10. The van der Waals surface area contributed by atoms with Crippen molar-refractivity contribution in [3.8, 4) is 0 Å². The first kappa shape index (κ1) is 20.7. The average molecular weight is 467 g/mol. The number of piperidine rings is 1. The van der Waals surface area contributed by atoms with Crippen molar-refractivity contribution in [1.82, 2.24) is 9.62 Å². The third kappa shape index (κ3) is 5.27. The van der Waals surface area contributed by atoms with Crippen molar-refractivity contribution in [2.75, 3.05) is 13.1 Å². The van der Waals surface area contributed by atoms with Crippen LogP contribution < -0.4 is 4.72 Å². The number of carbonyl (C=O) groups is 1. The lowest BCUT2D eigenvalue weighted by Crippen LogP contribution is -2.49. The Labute approximate surface area is 172 Å². The quantitative estimate of drug-likeness (QED) is 0.684. The molecule has 0 aromatic heterocycles. The summed E-state index contributed by atoms with van der Waals surface area (Å²) >= 11 is 3.43. The third-order valence-electron chi connectivity index (χ3n) is 4.47. The van der Waals surface area contributed by atoms with Crippen LogP contribution in [-0.4, -0.2) is 38.4 Å². The number of rotatable bonds is 5. The first-order chi connectivity index (χ1) is 13.3. The van der Waals surface area contributed by atoms with Crippen molar-refractivity contribution in [2.24, 2.45) is 0 Å². The Morgan fingerprint density at radius 1 is 1.21 bits per heavy atom. The molecule has 1 amide bonds. The van der Waals surface area contributed by atoms with Gasteiger partial charge in [0.2, 0.25) is 15.9 Å². The monoisotopic (exact) mass is 466 g/mol. The summed E-state index contributed by atoms with van der Waals surface area (Å²) in [6.45, 7) is 0.838. The van der Waals surface area contributed by atoms with Gasteiger partial charge < -0.3 is 4.90 Å². The molecule has 0 aliphatic carbocycles. The Hall–Kier alpha value is -2.03. The number of carbonyl (C=O) groups excluding carboxylic acids is 1. The van der Waals surface area contributed by atoms with Gasteiger partial charge in [0.25, 0.3) is 0 Å². The molecule has 0 radical (unpaired) electrons. The number of likely N-dealkylation sites (tertiary alicyclic amines) is 1. The first-order valence-corrected chi connectivity index (χ1v) is 11.1. The number of nitrogens with zero attached hydrogens (tertiary/aromatic N) is 1. The van der Waals surface area contributed by atoms with Crippen LogP contribution in [0.5, 0.6) is 0 Å². The number of hydrogen-bond acceptors (Lipinski definition) is 3. The zero-order valence-corrected chi connectivity index (χ0v) is 17.4. The van der Waals surface area contributed by atoms with Crippen molar-refractivity contribution in [3.05, 3.63) is 70.5 Å². The van der Waals surface area contributed by atoms with Gasteiger partial charge in [-0.2, -0.15) is 0 Å². The molecule has 2 aromatic carbocycles. The highest BCUT2D eigenvalue weighted by Crippen LogP contribution is 2.19. The minimum absolute atomic E-state index is 0.121. The van der Waals surface area contributed by atoms with Gasteiger partial charge in [-0.3, -0.25) is 4.79 Å². The second-order valence-corrected chi connectivity index (χ2v) is 9.13. The molecule has 8 heteroatoms. The van der Waals surface area contributed by atoms with Crippen LogP contribution in [0.2, 0.25) is 0 Å². The number of benzene rings is 2. The topological polar surface area (TPSA) is 66.5 Å². The number of amides is 1. The highest BCUT2D eigenvalue weighted by Gasteiger charge is 2.27. The summed E-state index contributed by atoms with van der Waals surface area (Å²) in [4.78, 5) is 14.0. The third-order valence-corrected chi connectivity index (χ3v) is 6.71. The van der Waals surface area contributed by atoms with Crippen LogP contribution in [0.3, 0.4) is 0 Å². The van der Waals surface area contributed by atoms with Gasteiger partial charge in [0, 0.05) is 29.7 Å². The molecular weight excluding hydrogens is 447 g/mol. The molecular formula is C20H20BrFN2O3S. The van der Waals surface area contributed by atoms with E-state index in [0.29, 0.717) is 19.4 Å². The number of hydrogen-bond donors (Lipinski definition) is 1. The van der Waals surface area contributed by atoms with Crippen molar-refractivity contribution in [3.63, 3.8) is 0 Å². The number of sulfonamides is 1. The highest BCUT2D eigenvalue weighted by atomic mass is 79.9. The van der Waals surface area contributed by atoms with E-state index in [1.54, 1.807) is 11.0 Å². The predicted molar refractivity (Wildman–Crippen MR) is 109 cm³/mol. The average Bonchev–Trinajstić information content (AvgIpc) is 2.67. The number of halogens is 2. The van der Waals surface area contributed by atoms with Gasteiger partial charge in [-0.25, -0.2) is 17.5 Å². The lowest BCUT2D eigenvalue weighted by Gasteiger charge is -2.32. The van der Waals surface area contributed by atoms with E-state index in [1.165, 1.54) is 24.3 Å². The van der Waals surface area contributed by atoms with Crippen molar-refractivity contribution < 1.29 is 17.6 Å². The van der Waals surface area contributed by atoms with E-state index in [-0.39, 0.29) is 17.3 Å². The fourth-order valence-corrected chi connectivity index (χ4v) is 4.78. The van der Waals surface area contributed by atoms with Crippen LogP contribution >= 0.6 is 15.9 Å². The molecule has 3 rings (SSSR count). The maximum absolute atomic E-state index is 13.3.